The maximum absolute atomic E-state index is 5.53. The van der Waals surface area contributed by atoms with E-state index in [1.807, 2.05) is 25.1 Å². The van der Waals surface area contributed by atoms with Gasteiger partial charge in [-0.25, -0.2) is 0 Å². The Hall–Kier alpha value is -1.26. The van der Waals surface area contributed by atoms with Crippen LogP contribution in [-0.2, 0) is 4.74 Å². The zero-order valence-corrected chi connectivity index (χ0v) is 11.7. The third kappa shape index (κ3) is 3.62. The molecule has 1 aromatic carbocycles. The SMILES string of the molecule is CCNC(COCC)c1c(OC)cccc1OC. The molecule has 1 N–H and O–H groups in total. The van der Waals surface area contributed by atoms with Gasteiger partial charge in [-0.1, -0.05) is 13.0 Å². The molecule has 0 fully saturated rings. The molecule has 0 bridgehead atoms. The molecule has 18 heavy (non-hydrogen) atoms. The van der Waals surface area contributed by atoms with E-state index in [1.165, 1.54) is 0 Å². The van der Waals surface area contributed by atoms with E-state index in [2.05, 4.69) is 12.2 Å². The van der Waals surface area contributed by atoms with Crippen LogP contribution in [0.5, 0.6) is 11.5 Å². The predicted molar refractivity (Wildman–Crippen MR) is 72.5 cm³/mol. The minimum atomic E-state index is 0.0704. The highest BCUT2D eigenvalue weighted by atomic mass is 16.5. The Morgan fingerprint density at radius 3 is 2.17 bits per heavy atom. The van der Waals surface area contributed by atoms with Crippen molar-refractivity contribution in [1.29, 1.82) is 0 Å². The quantitative estimate of drug-likeness (QED) is 0.772. The van der Waals surface area contributed by atoms with Gasteiger partial charge in [-0.15, -0.1) is 0 Å². The molecule has 0 amide bonds. The maximum atomic E-state index is 5.53. The fraction of sp³-hybridized carbons (Fsp3) is 0.571. The monoisotopic (exact) mass is 253 g/mol. The summed E-state index contributed by atoms with van der Waals surface area (Å²) in [5.74, 6) is 1.64. The maximum Gasteiger partial charge on any atom is 0.127 e. The van der Waals surface area contributed by atoms with Crippen LogP contribution in [0, 0.1) is 0 Å². The first-order valence-electron chi connectivity index (χ1n) is 6.30. The molecule has 0 aromatic heterocycles. The van der Waals surface area contributed by atoms with Crippen LogP contribution >= 0.6 is 0 Å². The third-order valence-corrected chi connectivity index (χ3v) is 2.75. The minimum Gasteiger partial charge on any atom is -0.496 e. The van der Waals surface area contributed by atoms with Gasteiger partial charge in [0.05, 0.1) is 32.4 Å². The Labute approximate surface area is 109 Å². The van der Waals surface area contributed by atoms with E-state index >= 15 is 0 Å². The van der Waals surface area contributed by atoms with Gasteiger partial charge in [0.25, 0.3) is 0 Å². The summed E-state index contributed by atoms with van der Waals surface area (Å²) in [5, 5.41) is 3.40. The minimum absolute atomic E-state index is 0.0704. The van der Waals surface area contributed by atoms with Gasteiger partial charge in [-0.3, -0.25) is 0 Å². The molecule has 4 heteroatoms. The summed E-state index contributed by atoms with van der Waals surface area (Å²) in [6, 6.07) is 5.87. The van der Waals surface area contributed by atoms with E-state index < -0.39 is 0 Å². The number of rotatable bonds is 8. The molecule has 0 saturated heterocycles. The Bertz CT molecular complexity index is 333. The molecule has 4 nitrogen and oxygen atoms in total. The molecule has 1 aromatic rings. The lowest BCUT2D eigenvalue weighted by Gasteiger charge is -2.22. The number of likely N-dealkylation sites (N-methyl/N-ethyl adjacent to an activating group) is 1. The first kappa shape index (κ1) is 14.8. The van der Waals surface area contributed by atoms with E-state index in [9.17, 15) is 0 Å². The predicted octanol–water partition coefficient (Wildman–Crippen LogP) is 2.39. The average Bonchev–Trinajstić information content (AvgIpc) is 2.42. The number of ether oxygens (including phenoxy) is 3. The summed E-state index contributed by atoms with van der Waals surface area (Å²) in [6.07, 6.45) is 0. The highest BCUT2D eigenvalue weighted by molar-refractivity contribution is 5.47. The zero-order valence-electron chi connectivity index (χ0n) is 11.7. The van der Waals surface area contributed by atoms with Crippen molar-refractivity contribution in [2.45, 2.75) is 19.9 Å². The average molecular weight is 253 g/mol. The van der Waals surface area contributed by atoms with Gasteiger partial charge in [-0.05, 0) is 25.6 Å². The summed E-state index contributed by atoms with van der Waals surface area (Å²) in [7, 11) is 3.34. The van der Waals surface area contributed by atoms with Gasteiger partial charge >= 0.3 is 0 Å². The lowest BCUT2D eigenvalue weighted by atomic mass is 10.0. The van der Waals surface area contributed by atoms with Crippen LogP contribution in [0.2, 0.25) is 0 Å². The van der Waals surface area contributed by atoms with Crippen LogP contribution in [0.3, 0.4) is 0 Å². The highest BCUT2D eigenvalue weighted by Gasteiger charge is 2.20. The second-order valence-electron chi connectivity index (χ2n) is 3.85. The molecule has 0 spiro atoms. The Morgan fingerprint density at radius 1 is 1.11 bits per heavy atom. The highest BCUT2D eigenvalue weighted by Crippen LogP contribution is 2.34. The van der Waals surface area contributed by atoms with E-state index in [0.717, 1.165) is 23.6 Å². The van der Waals surface area contributed by atoms with E-state index in [0.29, 0.717) is 13.2 Å². The smallest absolute Gasteiger partial charge is 0.127 e. The molecule has 1 unspecified atom stereocenters. The number of nitrogens with one attached hydrogen (secondary N) is 1. The fourth-order valence-corrected chi connectivity index (χ4v) is 1.95. The summed E-state index contributed by atoms with van der Waals surface area (Å²) in [5.41, 5.74) is 1.01. The van der Waals surface area contributed by atoms with Gasteiger partial charge < -0.3 is 19.5 Å². The second kappa shape index (κ2) is 7.95. The Kier molecular flexibility index (Phi) is 6.54. The van der Waals surface area contributed by atoms with Crippen molar-refractivity contribution in [2.75, 3.05) is 34.0 Å². The Balaban J connectivity index is 3.06. The normalized spacial score (nSPS) is 12.2. The number of hydrogen-bond acceptors (Lipinski definition) is 4. The molecule has 102 valence electrons. The van der Waals surface area contributed by atoms with Crippen molar-refractivity contribution in [3.8, 4) is 11.5 Å². The van der Waals surface area contributed by atoms with E-state index in [1.54, 1.807) is 14.2 Å². The molecule has 0 aliphatic rings. The first-order valence-corrected chi connectivity index (χ1v) is 6.30. The third-order valence-electron chi connectivity index (χ3n) is 2.75. The lowest BCUT2D eigenvalue weighted by Crippen LogP contribution is -2.26. The molecular weight excluding hydrogens is 230 g/mol. The second-order valence-corrected chi connectivity index (χ2v) is 3.85. The van der Waals surface area contributed by atoms with Crippen LogP contribution < -0.4 is 14.8 Å². The van der Waals surface area contributed by atoms with Crippen LogP contribution in [0.25, 0.3) is 0 Å². The van der Waals surface area contributed by atoms with Crippen molar-refractivity contribution < 1.29 is 14.2 Å². The summed E-state index contributed by atoms with van der Waals surface area (Å²) < 4.78 is 16.4. The molecule has 0 saturated carbocycles. The molecule has 1 rings (SSSR count). The molecule has 0 radical (unpaired) electrons. The largest absolute Gasteiger partial charge is 0.496 e. The number of benzene rings is 1. The van der Waals surface area contributed by atoms with Crippen LogP contribution in [0.4, 0.5) is 0 Å². The van der Waals surface area contributed by atoms with Crippen molar-refractivity contribution in [3.05, 3.63) is 23.8 Å². The van der Waals surface area contributed by atoms with Crippen LogP contribution in [-0.4, -0.2) is 34.0 Å². The van der Waals surface area contributed by atoms with Crippen molar-refractivity contribution >= 4 is 0 Å². The summed E-state index contributed by atoms with van der Waals surface area (Å²) in [4.78, 5) is 0. The van der Waals surface area contributed by atoms with Gasteiger partial charge in [0.1, 0.15) is 11.5 Å². The Morgan fingerprint density at radius 2 is 1.72 bits per heavy atom. The summed E-state index contributed by atoms with van der Waals surface area (Å²) in [6.45, 7) is 6.21. The van der Waals surface area contributed by atoms with Crippen LogP contribution in [0.15, 0.2) is 18.2 Å². The molecule has 1 atom stereocenters. The van der Waals surface area contributed by atoms with Gasteiger partial charge in [0.15, 0.2) is 0 Å². The molecular formula is C14H23NO3. The topological polar surface area (TPSA) is 39.7 Å². The molecule has 0 aliphatic heterocycles. The van der Waals surface area contributed by atoms with Gasteiger partial charge in [-0.2, -0.15) is 0 Å². The van der Waals surface area contributed by atoms with Crippen molar-refractivity contribution in [3.63, 3.8) is 0 Å². The van der Waals surface area contributed by atoms with Crippen LogP contribution in [0.1, 0.15) is 25.5 Å². The number of methoxy groups -OCH3 is 2. The van der Waals surface area contributed by atoms with E-state index in [-0.39, 0.29) is 6.04 Å². The van der Waals surface area contributed by atoms with E-state index in [4.69, 9.17) is 14.2 Å². The lowest BCUT2D eigenvalue weighted by molar-refractivity contribution is 0.121. The van der Waals surface area contributed by atoms with Gasteiger partial charge in [0, 0.05) is 6.61 Å². The fourth-order valence-electron chi connectivity index (χ4n) is 1.95. The number of hydrogen-bond donors (Lipinski definition) is 1. The first-order chi connectivity index (χ1) is 8.78. The molecule has 0 heterocycles. The zero-order chi connectivity index (χ0) is 13.4. The standard InChI is InChI=1S/C14H23NO3/c1-5-15-11(10-18-6-2)14-12(16-3)8-7-9-13(14)17-4/h7-9,11,15H,5-6,10H2,1-4H3. The van der Waals surface area contributed by atoms with Crippen molar-refractivity contribution in [1.82, 2.24) is 5.32 Å². The molecule has 0 aliphatic carbocycles. The summed E-state index contributed by atoms with van der Waals surface area (Å²) >= 11 is 0. The van der Waals surface area contributed by atoms with Crippen molar-refractivity contribution in [2.24, 2.45) is 0 Å². The van der Waals surface area contributed by atoms with Gasteiger partial charge in [0.2, 0.25) is 0 Å².